The van der Waals surface area contributed by atoms with Gasteiger partial charge in [-0.3, -0.25) is 0 Å². The number of nitrogens with two attached hydrogens (primary N) is 2. The van der Waals surface area contributed by atoms with Crippen molar-refractivity contribution in [2.45, 2.75) is 4.43 Å². The van der Waals surface area contributed by atoms with Crippen molar-refractivity contribution in [2.24, 2.45) is 0 Å². The minimum Gasteiger partial charge on any atom is -0.383 e. The van der Waals surface area contributed by atoms with Crippen molar-refractivity contribution in [1.82, 2.24) is 19.9 Å². The second kappa shape index (κ2) is 6.57. The van der Waals surface area contributed by atoms with Crippen molar-refractivity contribution >= 4 is 40.3 Å². The zero-order valence-electron chi connectivity index (χ0n) is 11.9. The van der Waals surface area contributed by atoms with Gasteiger partial charge in [-0.2, -0.15) is 4.98 Å². The van der Waals surface area contributed by atoms with E-state index in [1.807, 2.05) is 6.07 Å². The smallest absolute Gasteiger partial charge is 0.226 e. The molecule has 0 amide bonds. The molecule has 8 nitrogen and oxygen atoms in total. The van der Waals surface area contributed by atoms with Crippen molar-refractivity contribution in [2.75, 3.05) is 42.7 Å². The van der Waals surface area contributed by atoms with Gasteiger partial charge in [-0.15, -0.1) is 0 Å². The first-order valence-corrected chi connectivity index (χ1v) is 8.35. The van der Waals surface area contributed by atoms with Gasteiger partial charge in [0.15, 0.2) is 0 Å². The zero-order chi connectivity index (χ0) is 15.5. The molecule has 0 saturated carbocycles. The summed E-state index contributed by atoms with van der Waals surface area (Å²) >= 11 is 2.27. The number of nitrogens with zero attached hydrogens (tertiary/aromatic N) is 5. The predicted octanol–water partition coefficient (Wildman–Crippen LogP) is 0.870. The molecule has 9 heteroatoms. The van der Waals surface area contributed by atoms with Crippen molar-refractivity contribution in [3.05, 3.63) is 18.0 Å². The van der Waals surface area contributed by atoms with Gasteiger partial charge in [-0.25, -0.2) is 15.0 Å². The minimum atomic E-state index is 0.151. The third-order valence-electron chi connectivity index (χ3n) is 3.31. The van der Waals surface area contributed by atoms with Gasteiger partial charge in [-0.05, 0) is 6.07 Å². The van der Waals surface area contributed by atoms with Gasteiger partial charge in [0.1, 0.15) is 5.82 Å². The van der Waals surface area contributed by atoms with Crippen LogP contribution in [0.5, 0.6) is 0 Å². The lowest BCUT2D eigenvalue weighted by Crippen LogP contribution is -2.37. The second-order valence-corrected chi connectivity index (χ2v) is 5.57. The van der Waals surface area contributed by atoms with Crippen LogP contribution in [0.2, 0.25) is 0 Å². The van der Waals surface area contributed by atoms with E-state index in [2.05, 4.69) is 47.4 Å². The molecule has 0 bridgehead atoms. The Hall–Kier alpha value is -1.75. The van der Waals surface area contributed by atoms with E-state index in [0.717, 1.165) is 23.2 Å². The minimum absolute atomic E-state index is 0.151. The maximum absolute atomic E-state index is 5.95. The molecule has 0 atom stereocenters. The van der Waals surface area contributed by atoms with Crippen LogP contribution in [-0.4, -0.2) is 46.2 Å². The summed E-state index contributed by atoms with van der Waals surface area (Å²) in [6, 6.07) is 1.90. The molecule has 0 spiro atoms. The SMILES string of the molecule is Nc1ncc(-c2cc(CI)nc(N3CCOCC3)n2)c(N)n1. The van der Waals surface area contributed by atoms with E-state index in [9.17, 15) is 0 Å². The van der Waals surface area contributed by atoms with Crippen LogP contribution in [0.4, 0.5) is 17.7 Å². The highest BCUT2D eigenvalue weighted by Gasteiger charge is 2.17. The standard InChI is InChI=1S/C13H16IN7O/c14-6-8-5-10(9-7-17-12(16)20-11(9)15)19-13(18-8)21-1-3-22-4-2-21/h5,7H,1-4,6H2,(H4,15,16,17,20). The predicted molar refractivity (Wildman–Crippen MR) is 92.6 cm³/mol. The molecule has 3 rings (SSSR count). The Bertz CT molecular complexity index is 675. The van der Waals surface area contributed by atoms with Gasteiger partial charge in [0.05, 0.1) is 30.2 Å². The van der Waals surface area contributed by atoms with Crippen molar-refractivity contribution in [3.8, 4) is 11.3 Å². The Morgan fingerprint density at radius 1 is 1.18 bits per heavy atom. The molecule has 2 aromatic heterocycles. The first-order valence-electron chi connectivity index (χ1n) is 6.82. The van der Waals surface area contributed by atoms with E-state index in [1.165, 1.54) is 0 Å². The molecule has 1 aliphatic rings. The number of rotatable bonds is 3. The summed E-state index contributed by atoms with van der Waals surface area (Å²) in [5.74, 6) is 1.15. The first-order chi connectivity index (χ1) is 10.7. The second-order valence-electron chi connectivity index (χ2n) is 4.80. The summed E-state index contributed by atoms with van der Waals surface area (Å²) in [7, 11) is 0. The van der Waals surface area contributed by atoms with Gasteiger partial charge in [0.2, 0.25) is 11.9 Å². The normalized spacial score (nSPS) is 15.0. The van der Waals surface area contributed by atoms with Crippen molar-refractivity contribution in [3.63, 3.8) is 0 Å². The Labute approximate surface area is 141 Å². The number of aromatic nitrogens is 4. The summed E-state index contributed by atoms with van der Waals surface area (Å²) in [6.45, 7) is 2.91. The summed E-state index contributed by atoms with van der Waals surface area (Å²) < 4.78 is 6.15. The molecule has 2 aromatic rings. The van der Waals surface area contributed by atoms with Gasteiger partial charge in [-0.1, -0.05) is 22.6 Å². The van der Waals surface area contributed by atoms with Gasteiger partial charge >= 0.3 is 0 Å². The number of nitrogen functional groups attached to an aromatic ring is 2. The average molecular weight is 413 g/mol. The Kier molecular flexibility index (Phi) is 4.52. The highest BCUT2D eigenvalue weighted by molar-refractivity contribution is 14.1. The Balaban J connectivity index is 2.03. The molecule has 116 valence electrons. The van der Waals surface area contributed by atoms with E-state index < -0.39 is 0 Å². The lowest BCUT2D eigenvalue weighted by atomic mass is 10.2. The molecular weight excluding hydrogens is 397 g/mol. The molecule has 1 fully saturated rings. The Morgan fingerprint density at radius 3 is 2.64 bits per heavy atom. The van der Waals surface area contributed by atoms with E-state index in [-0.39, 0.29) is 5.95 Å². The number of ether oxygens (including phenoxy) is 1. The van der Waals surface area contributed by atoms with Crippen LogP contribution in [0.25, 0.3) is 11.3 Å². The third kappa shape index (κ3) is 3.19. The topological polar surface area (TPSA) is 116 Å². The van der Waals surface area contributed by atoms with Crippen molar-refractivity contribution in [1.29, 1.82) is 0 Å². The lowest BCUT2D eigenvalue weighted by Gasteiger charge is -2.27. The molecule has 0 aliphatic carbocycles. The molecule has 1 aliphatic heterocycles. The van der Waals surface area contributed by atoms with Crippen LogP contribution in [0.1, 0.15) is 5.69 Å². The fraction of sp³-hybridized carbons (Fsp3) is 0.385. The molecule has 4 N–H and O–H groups in total. The fourth-order valence-corrected chi connectivity index (χ4v) is 2.59. The number of alkyl halides is 1. The van der Waals surface area contributed by atoms with Crippen LogP contribution in [0.15, 0.2) is 12.3 Å². The molecule has 1 saturated heterocycles. The van der Waals surface area contributed by atoms with Crippen LogP contribution < -0.4 is 16.4 Å². The number of morpholine rings is 1. The van der Waals surface area contributed by atoms with Crippen LogP contribution in [0, 0.1) is 0 Å². The Morgan fingerprint density at radius 2 is 1.95 bits per heavy atom. The van der Waals surface area contributed by atoms with Gasteiger partial charge in [0, 0.05) is 23.7 Å². The fourth-order valence-electron chi connectivity index (χ4n) is 2.20. The summed E-state index contributed by atoms with van der Waals surface area (Å²) in [5.41, 5.74) is 13.8. The number of hydrogen-bond donors (Lipinski definition) is 2. The first kappa shape index (κ1) is 15.2. The largest absolute Gasteiger partial charge is 0.383 e. The van der Waals surface area contributed by atoms with Crippen LogP contribution >= 0.6 is 22.6 Å². The summed E-state index contributed by atoms with van der Waals surface area (Å²) in [5, 5.41) is 0. The van der Waals surface area contributed by atoms with Crippen LogP contribution in [0.3, 0.4) is 0 Å². The highest BCUT2D eigenvalue weighted by Crippen LogP contribution is 2.25. The summed E-state index contributed by atoms with van der Waals surface area (Å²) in [4.78, 5) is 19.3. The zero-order valence-corrected chi connectivity index (χ0v) is 14.0. The average Bonchev–Trinajstić information content (AvgIpc) is 2.55. The van der Waals surface area contributed by atoms with Crippen LogP contribution in [-0.2, 0) is 9.16 Å². The monoisotopic (exact) mass is 413 g/mol. The number of halogens is 1. The maximum atomic E-state index is 5.95. The number of anilines is 3. The molecule has 3 heterocycles. The lowest BCUT2D eigenvalue weighted by molar-refractivity contribution is 0.122. The van der Waals surface area contributed by atoms with Gasteiger partial charge in [0.25, 0.3) is 0 Å². The third-order valence-corrected chi connectivity index (χ3v) is 4.09. The van der Waals surface area contributed by atoms with E-state index in [1.54, 1.807) is 6.20 Å². The quantitative estimate of drug-likeness (QED) is 0.563. The molecular formula is C13H16IN7O. The molecule has 0 unspecified atom stereocenters. The van der Waals surface area contributed by atoms with E-state index in [0.29, 0.717) is 36.2 Å². The molecule has 0 radical (unpaired) electrons. The maximum Gasteiger partial charge on any atom is 0.226 e. The number of hydrogen-bond acceptors (Lipinski definition) is 8. The van der Waals surface area contributed by atoms with E-state index >= 15 is 0 Å². The van der Waals surface area contributed by atoms with E-state index in [4.69, 9.17) is 16.2 Å². The highest BCUT2D eigenvalue weighted by atomic mass is 127. The molecule has 22 heavy (non-hydrogen) atoms. The molecule has 0 aromatic carbocycles. The van der Waals surface area contributed by atoms with Crippen molar-refractivity contribution < 1.29 is 4.74 Å². The van der Waals surface area contributed by atoms with Gasteiger partial charge < -0.3 is 21.1 Å². The summed E-state index contributed by atoms with van der Waals surface area (Å²) in [6.07, 6.45) is 1.60.